The first kappa shape index (κ1) is 26.3. The van der Waals surface area contributed by atoms with Crippen molar-refractivity contribution >= 4 is 17.3 Å². The maximum absolute atomic E-state index is 13.6. The maximum atomic E-state index is 13.6. The molecule has 2 aliphatic carbocycles. The van der Waals surface area contributed by atoms with Gasteiger partial charge in [-0.3, -0.25) is 4.79 Å². The Morgan fingerprint density at radius 2 is 1.63 bits per heavy atom. The van der Waals surface area contributed by atoms with Gasteiger partial charge in [0.05, 0.1) is 31.4 Å². The van der Waals surface area contributed by atoms with Gasteiger partial charge in [0.15, 0.2) is 11.5 Å². The van der Waals surface area contributed by atoms with Crippen LogP contribution in [-0.4, -0.2) is 50.5 Å². The van der Waals surface area contributed by atoms with Crippen LogP contribution < -0.4 is 14.4 Å². The number of amides is 1. The maximum Gasteiger partial charge on any atom is 0.247 e. The highest BCUT2D eigenvalue weighted by atomic mass is 16.5. The van der Waals surface area contributed by atoms with E-state index in [1.807, 2.05) is 25.2 Å². The van der Waals surface area contributed by atoms with Crippen molar-refractivity contribution in [3.05, 3.63) is 65.7 Å². The normalized spacial score (nSPS) is 21.9. The summed E-state index contributed by atoms with van der Waals surface area (Å²) in [6.45, 7) is 0.551. The third kappa shape index (κ3) is 5.74. The van der Waals surface area contributed by atoms with E-state index in [9.17, 15) is 4.79 Å². The van der Waals surface area contributed by atoms with E-state index in [-0.39, 0.29) is 23.8 Å². The molecule has 1 heterocycles. The molecule has 0 saturated heterocycles. The molecule has 0 bridgehead atoms. The highest BCUT2D eigenvalue weighted by Crippen LogP contribution is 2.39. The number of hydrogen-bond donors (Lipinski definition) is 0. The van der Waals surface area contributed by atoms with E-state index in [1.54, 1.807) is 7.11 Å². The van der Waals surface area contributed by atoms with Crippen LogP contribution in [0.3, 0.4) is 0 Å². The van der Waals surface area contributed by atoms with E-state index in [1.165, 1.54) is 36.9 Å². The summed E-state index contributed by atoms with van der Waals surface area (Å²) < 4.78 is 11.9. The Bertz CT molecular complexity index is 1160. The molecule has 1 saturated carbocycles. The molecular weight excluding hydrogens is 474 g/mol. The van der Waals surface area contributed by atoms with Crippen LogP contribution in [0.15, 0.2) is 59.7 Å². The summed E-state index contributed by atoms with van der Waals surface area (Å²) in [6.07, 6.45) is 13.8. The van der Waals surface area contributed by atoms with Gasteiger partial charge in [0.2, 0.25) is 5.91 Å². The highest BCUT2D eigenvalue weighted by molar-refractivity contribution is 6.07. The number of ether oxygens (including phenoxy) is 2. The fourth-order valence-electron chi connectivity index (χ4n) is 6.02. The predicted octanol–water partition coefficient (Wildman–Crippen LogP) is 6.23. The van der Waals surface area contributed by atoms with Crippen molar-refractivity contribution in [2.75, 3.05) is 32.7 Å². The molecule has 1 fully saturated rings. The van der Waals surface area contributed by atoms with E-state index in [2.05, 4.69) is 53.5 Å². The number of carbonyl (C=O) groups excluding carboxylic acids is 1. The van der Waals surface area contributed by atoms with Gasteiger partial charge in [0.1, 0.15) is 0 Å². The smallest absolute Gasteiger partial charge is 0.247 e. The van der Waals surface area contributed by atoms with Gasteiger partial charge in [-0.25, -0.2) is 5.01 Å². The van der Waals surface area contributed by atoms with E-state index >= 15 is 0 Å². The molecule has 6 heteroatoms. The molecule has 1 amide bonds. The second-order valence-electron chi connectivity index (χ2n) is 11.0. The topological polar surface area (TPSA) is 54.4 Å². The average molecular weight is 516 g/mol. The van der Waals surface area contributed by atoms with Crippen molar-refractivity contribution in [3.63, 3.8) is 0 Å². The number of methoxy groups -OCH3 is 1. The lowest BCUT2D eigenvalue weighted by atomic mass is 9.76. The number of hydrogen-bond acceptors (Lipinski definition) is 5. The molecule has 38 heavy (non-hydrogen) atoms. The second kappa shape index (κ2) is 12.1. The van der Waals surface area contributed by atoms with E-state index in [4.69, 9.17) is 14.6 Å². The largest absolute Gasteiger partial charge is 0.493 e. The van der Waals surface area contributed by atoms with Crippen molar-refractivity contribution < 1.29 is 14.3 Å². The number of rotatable bonds is 8. The first-order valence-electron chi connectivity index (χ1n) is 14.2. The quantitative estimate of drug-likeness (QED) is 0.309. The third-order valence-electron chi connectivity index (χ3n) is 8.27. The SMILES string of the molecule is COc1ccc(C2=NN(C3CCCCCC3)C(=O)[C@@H]3CC=CC[C@H]23)cc1OCCc1ccc(N(C)C)cc1. The molecule has 0 aromatic heterocycles. The minimum atomic E-state index is -0.0349. The Balaban J connectivity index is 1.38. The minimum Gasteiger partial charge on any atom is -0.493 e. The fourth-order valence-corrected chi connectivity index (χ4v) is 6.02. The minimum absolute atomic E-state index is 0.0349. The number of allylic oxidation sites excluding steroid dienone is 2. The molecular formula is C32H41N3O3. The Hall–Kier alpha value is -3.28. The molecule has 0 spiro atoms. The lowest BCUT2D eigenvalue weighted by Crippen LogP contribution is -2.49. The van der Waals surface area contributed by atoms with E-state index in [0.29, 0.717) is 12.4 Å². The second-order valence-corrected chi connectivity index (χ2v) is 11.0. The van der Waals surface area contributed by atoms with Crippen LogP contribution in [0.25, 0.3) is 0 Å². The molecule has 5 rings (SSSR count). The zero-order chi connectivity index (χ0) is 26.5. The summed E-state index contributed by atoms with van der Waals surface area (Å²) in [4.78, 5) is 15.7. The van der Waals surface area contributed by atoms with Crippen molar-refractivity contribution in [2.24, 2.45) is 16.9 Å². The van der Waals surface area contributed by atoms with Crippen molar-refractivity contribution in [3.8, 4) is 11.5 Å². The van der Waals surface area contributed by atoms with Crippen LogP contribution in [0.5, 0.6) is 11.5 Å². The van der Waals surface area contributed by atoms with Gasteiger partial charge in [0.25, 0.3) is 0 Å². The molecule has 2 atom stereocenters. The Labute approximate surface area is 227 Å². The standard InChI is InChI=1S/C32H41N3O3/c1-34(2)25-17-14-23(15-18-25)20-21-38-30-22-24(16-19-29(30)37-3)31-27-12-8-9-13-28(27)32(36)35(33-31)26-10-6-4-5-7-11-26/h8-9,14-19,22,26-28H,4-7,10-13,20-21H2,1-3H3/t27-,28+/m0/s1. The number of benzene rings is 2. The van der Waals surface area contributed by atoms with Gasteiger partial charge in [-0.05, 0) is 61.6 Å². The molecule has 0 N–H and O–H groups in total. The summed E-state index contributed by atoms with van der Waals surface area (Å²) >= 11 is 0. The number of anilines is 1. The third-order valence-corrected chi connectivity index (χ3v) is 8.27. The highest BCUT2D eigenvalue weighted by Gasteiger charge is 2.42. The summed E-state index contributed by atoms with van der Waals surface area (Å²) in [7, 11) is 5.77. The summed E-state index contributed by atoms with van der Waals surface area (Å²) in [5, 5.41) is 6.96. The fraction of sp³-hybridized carbons (Fsp3) is 0.500. The number of carbonyl (C=O) groups is 1. The Kier molecular flexibility index (Phi) is 8.35. The molecule has 1 aliphatic heterocycles. The number of hydrazone groups is 1. The van der Waals surface area contributed by atoms with Crippen LogP contribution >= 0.6 is 0 Å². The zero-order valence-electron chi connectivity index (χ0n) is 23.1. The Morgan fingerprint density at radius 1 is 0.921 bits per heavy atom. The predicted molar refractivity (Wildman–Crippen MR) is 153 cm³/mol. The summed E-state index contributed by atoms with van der Waals surface area (Å²) in [6, 6.07) is 14.9. The van der Waals surface area contributed by atoms with Crippen molar-refractivity contribution in [2.45, 2.75) is 63.8 Å². The van der Waals surface area contributed by atoms with Crippen LogP contribution in [0.2, 0.25) is 0 Å². The molecule has 2 aromatic rings. The summed E-state index contributed by atoms with van der Waals surface area (Å²) in [5.74, 6) is 1.71. The first-order chi connectivity index (χ1) is 18.5. The van der Waals surface area contributed by atoms with Crippen LogP contribution in [0, 0.1) is 11.8 Å². The number of nitrogens with zero attached hydrogens (tertiary/aromatic N) is 3. The zero-order valence-corrected chi connectivity index (χ0v) is 23.1. The lowest BCUT2D eigenvalue weighted by Gasteiger charge is -2.40. The van der Waals surface area contributed by atoms with Gasteiger partial charge >= 0.3 is 0 Å². The van der Waals surface area contributed by atoms with Crippen molar-refractivity contribution in [1.29, 1.82) is 0 Å². The van der Waals surface area contributed by atoms with Crippen LogP contribution in [-0.2, 0) is 11.2 Å². The van der Waals surface area contributed by atoms with Gasteiger partial charge in [-0.15, -0.1) is 0 Å². The Morgan fingerprint density at radius 3 is 2.32 bits per heavy atom. The van der Waals surface area contributed by atoms with Crippen molar-refractivity contribution in [1.82, 2.24) is 5.01 Å². The monoisotopic (exact) mass is 515 g/mol. The molecule has 2 aromatic carbocycles. The van der Waals surface area contributed by atoms with Gasteiger partial charge in [0, 0.05) is 37.7 Å². The lowest BCUT2D eigenvalue weighted by molar-refractivity contribution is -0.140. The van der Waals surface area contributed by atoms with Gasteiger partial charge in [-0.2, -0.15) is 5.10 Å². The van der Waals surface area contributed by atoms with Crippen LogP contribution in [0.4, 0.5) is 5.69 Å². The first-order valence-corrected chi connectivity index (χ1v) is 14.2. The molecule has 6 nitrogen and oxygen atoms in total. The van der Waals surface area contributed by atoms with E-state index in [0.717, 1.165) is 49.1 Å². The van der Waals surface area contributed by atoms with Gasteiger partial charge < -0.3 is 14.4 Å². The number of fused-ring (bicyclic) bond motifs is 1. The molecule has 202 valence electrons. The molecule has 3 aliphatic rings. The average Bonchev–Trinajstić information content (AvgIpc) is 3.23. The van der Waals surface area contributed by atoms with E-state index < -0.39 is 0 Å². The molecule has 0 radical (unpaired) electrons. The molecule has 0 unspecified atom stereocenters. The van der Waals surface area contributed by atoms with Crippen LogP contribution in [0.1, 0.15) is 62.5 Å². The van der Waals surface area contributed by atoms with Gasteiger partial charge in [-0.1, -0.05) is 50.0 Å². The summed E-state index contributed by atoms with van der Waals surface area (Å²) in [5.41, 5.74) is 4.45.